The van der Waals surface area contributed by atoms with Gasteiger partial charge in [0, 0.05) is 19.3 Å². The fraction of sp³-hybridized carbons (Fsp3) is 0.400. The Bertz CT molecular complexity index is 1010. The molecule has 4 heterocycles. The van der Waals surface area contributed by atoms with E-state index in [0.29, 0.717) is 24.6 Å². The first-order valence-electron chi connectivity index (χ1n) is 9.30. The second-order valence-corrected chi connectivity index (χ2v) is 8.02. The lowest BCUT2D eigenvalue weighted by atomic mass is 10.1. The Kier molecular flexibility index (Phi) is 5.23. The number of nitrogens with one attached hydrogen (secondary N) is 1. The largest absolute Gasteiger partial charge is 0.379 e. The monoisotopic (exact) mass is 397 g/mol. The third kappa shape index (κ3) is 3.57. The van der Waals surface area contributed by atoms with Gasteiger partial charge in [-0.25, -0.2) is 9.97 Å². The normalized spacial score (nSPS) is 16.5. The van der Waals surface area contributed by atoms with Crippen LogP contribution in [0.1, 0.15) is 33.0 Å². The number of aromatic nitrogens is 3. The SMILES string of the molecule is Cc1cccc(CNc2ncnc3sc(C(=O)N(C)[C@@H]4CCOC4)c(C)c23)n1. The molecule has 0 saturated carbocycles. The number of ether oxygens (including phenoxy) is 1. The van der Waals surface area contributed by atoms with Crippen LogP contribution in [-0.2, 0) is 11.3 Å². The number of pyridine rings is 1. The fourth-order valence-electron chi connectivity index (χ4n) is 3.44. The Morgan fingerprint density at radius 3 is 2.96 bits per heavy atom. The summed E-state index contributed by atoms with van der Waals surface area (Å²) in [6.45, 7) is 5.80. The summed E-state index contributed by atoms with van der Waals surface area (Å²) in [6.07, 6.45) is 2.41. The second kappa shape index (κ2) is 7.81. The van der Waals surface area contributed by atoms with Crippen molar-refractivity contribution in [2.45, 2.75) is 32.9 Å². The van der Waals surface area contributed by atoms with Gasteiger partial charge in [0.1, 0.15) is 17.0 Å². The van der Waals surface area contributed by atoms with E-state index in [9.17, 15) is 4.79 Å². The van der Waals surface area contributed by atoms with Crippen LogP contribution in [-0.4, -0.2) is 52.1 Å². The quantitative estimate of drug-likeness (QED) is 0.712. The lowest BCUT2D eigenvalue weighted by Gasteiger charge is -2.22. The predicted molar refractivity (Wildman–Crippen MR) is 110 cm³/mol. The highest BCUT2D eigenvalue weighted by Crippen LogP contribution is 2.34. The number of rotatable bonds is 5. The van der Waals surface area contributed by atoms with Gasteiger partial charge in [-0.2, -0.15) is 0 Å². The van der Waals surface area contributed by atoms with Crippen molar-refractivity contribution in [2.75, 3.05) is 25.6 Å². The third-order valence-corrected chi connectivity index (χ3v) is 6.27. The number of carbonyl (C=O) groups excluding carboxylic acids is 1. The minimum absolute atomic E-state index is 0.0160. The van der Waals surface area contributed by atoms with Crippen molar-refractivity contribution in [1.82, 2.24) is 19.9 Å². The molecule has 0 radical (unpaired) electrons. The highest BCUT2D eigenvalue weighted by molar-refractivity contribution is 7.20. The first kappa shape index (κ1) is 18.8. The Hall–Kier alpha value is -2.58. The Morgan fingerprint density at radius 2 is 2.21 bits per heavy atom. The van der Waals surface area contributed by atoms with Crippen LogP contribution < -0.4 is 5.32 Å². The van der Waals surface area contributed by atoms with Gasteiger partial charge in [0.15, 0.2) is 0 Å². The molecule has 1 N–H and O–H groups in total. The molecular weight excluding hydrogens is 374 g/mol. The van der Waals surface area contributed by atoms with Gasteiger partial charge in [0.05, 0.1) is 35.2 Å². The lowest BCUT2D eigenvalue weighted by molar-refractivity contribution is 0.0715. The van der Waals surface area contributed by atoms with Gasteiger partial charge in [-0.15, -0.1) is 11.3 Å². The molecule has 0 aliphatic carbocycles. The summed E-state index contributed by atoms with van der Waals surface area (Å²) in [7, 11) is 1.85. The van der Waals surface area contributed by atoms with Crippen LogP contribution in [0, 0.1) is 13.8 Å². The molecule has 1 aliphatic rings. The molecular formula is C20H23N5O2S. The maximum absolute atomic E-state index is 13.1. The first-order valence-corrected chi connectivity index (χ1v) is 10.1. The van der Waals surface area contributed by atoms with Gasteiger partial charge in [-0.1, -0.05) is 6.07 Å². The molecule has 1 fully saturated rings. The number of fused-ring (bicyclic) bond motifs is 1. The van der Waals surface area contributed by atoms with Crippen molar-refractivity contribution in [3.63, 3.8) is 0 Å². The summed E-state index contributed by atoms with van der Waals surface area (Å²) in [6, 6.07) is 6.07. The van der Waals surface area contributed by atoms with E-state index in [4.69, 9.17) is 4.74 Å². The number of nitrogens with zero attached hydrogens (tertiary/aromatic N) is 4. The minimum atomic E-state index is 0.0160. The van der Waals surface area contributed by atoms with E-state index >= 15 is 0 Å². The topological polar surface area (TPSA) is 80.2 Å². The van der Waals surface area contributed by atoms with Gasteiger partial charge in [0.2, 0.25) is 0 Å². The highest BCUT2D eigenvalue weighted by Gasteiger charge is 2.28. The number of hydrogen-bond acceptors (Lipinski definition) is 7. The Labute approximate surface area is 167 Å². The molecule has 7 nitrogen and oxygen atoms in total. The average molecular weight is 398 g/mol. The predicted octanol–water partition coefficient (Wildman–Crippen LogP) is 3.18. The van der Waals surface area contributed by atoms with Crippen molar-refractivity contribution in [1.29, 1.82) is 0 Å². The molecule has 4 rings (SSSR count). The van der Waals surface area contributed by atoms with Crippen molar-refractivity contribution in [3.8, 4) is 0 Å². The molecule has 1 atom stereocenters. The summed E-state index contributed by atoms with van der Waals surface area (Å²) in [5.41, 5.74) is 2.83. The summed E-state index contributed by atoms with van der Waals surface area (Å²) >= 11 is 1.42. The van der Waals surface area contributed by atoms with Gasteiger partial charge < -0.3 is 15.0 Å². The number of amides is 1. The molecule has 8 heteroatoms. The molecule has 28 heavy (non-hydrogen) atoms. The number of thiophene rings is 1. The van der Waals surface area contributed by atoms with E-state index in [-0.39, 0.29) is 11.9 Å². The van der Waals surface area contributed by atoms with Gasteiger partial charge in [-0.05, 0) is 38.0 Å². The molecule has 3 aromatic rings. The number of hydrogen-bond donors (Lipinski definition) is 1. The zero-order chi connectivity index (χ0) is 19.7. The van der Waals surface area contributed by atoms with Crippen molar-refractivity contribution >= 4 is 33.3 Å². The van der Waals surface area contributed by atoms with Gasteiger partial charge in [0.25, 0.3) is 5.91 Å². The molecule has 0 unspecified atom stereocenters. The van der Waals surface area contributed by atoms with E-state index in [1.54, 1.807) is 4.90 Å². The summed E-state index contributed by atoms with van der Waals surface area (Å²) in [4.78, 5) is 29.7. The third-order valence-electron chi connectivity index (χ3n) is 5.08. The van der Waals surface area contributed by atoms with E-state index in [1.807, 2.05) is 39.1 Å². The van der Waals surface area contributed by atoms with Crippen molar-refractivity contribution < 1.29 is 9.53 Å². The molecule has 1 aliphatic heterocycles. The van der Waals surface area contributed by atoms with E-state index in [2.05, 4.69) is 20.3 Å². The fourth-order valence-corrected chi connectivity index (χ4v) is 4.57. The maximum Gasteiger partial charge on any atom is 0.264 e. The van der Waals surface area contributed by atoms with Crippen molar-refractivity contribution in [2.24, 2.45) is 0 Å². The molecule has 0 aromatic carbocycles. The van der Waals surface area contributed by atoms with Crippen LogP contribution in [0.15, 0.2) is 24.5 Å². The van der Waals surface area contributed by atoms with Crippen LogP contribution in [0.4, 0.5) is 5.82 Å². The Balaban J connectivity index is 1.61. The van der Waals surface area contributed by atoms with Crippen molar-refractivity contribution in [3.05, 3.63) is 46.4 Å². The standard InChI is InChI=1S/C20H23N5O2S/c1-12-5-4-6-14(24-12)9-21-18-16-13(2)17(28-19(16)23-11-22-18)20(26)25(3)15-7-8-27-10-15/h4-6,11,15H,7-10H2,1-3H3,(H,21,22,23)/t15-/m1/s1. The van der Waals surface area contributed by atoms with E-state index < -0.39 is 0 Å². The maximum atomic E-state index is 13.1. The molecule has 0 spiro atoms. The molecule has 1 amide bonds. The zero-order valence-corrected chi connectivity index (χ0v) is 17.0. The molecule has 3 aromatic heterocycles. The minimum Gasteiger partial charge on any atom is -0.379 e. The van der Waals surface area contributed by atoms with Crippen LogP contribution in [0.5, 0.6) is 0 Å². The smallest absolute Gasteiger partial charge is 0.264 e. The lowest BCUT2D eigenvalue weighted by Crippen LogP contribution is -2.37. The average Bonchev–Trinajstić information content (AvgIpc) is 3.34. The van der Waals surface area contributed by atoms with E-state index in [0.717, 1.165) is 39.4 Å². The zero-order valence-electron chi connectivity index (χ0n) is 16.2. The summed E-state index contributed by atoms with van der Waals surface area (Å²) in [5.74, 6) is 0.746. The molecule has 1 saturated heterocycles. The highest BCUT2D eigenvalue weighted by atomic mass is 32.1. The number of aryl methyl sites for hydroxylation is 2. The number of carbonyl (C=O) groups is 1. The van der Waals surface area contributed by atoms with Gasteiger partial charge >= 0.3 is 0 Å². The molecule has 146 valence electrons. The van der Waals surface area contributed by atoms with E-state index in [1.165, 1.54) is 17.7 Å². The van der Waals surface area contributed by atoms with Gasteiger partial charge in [-0.3, -0.25) is 9.78 Å². The first-order chi connectivity index (χ1) is 13.5. The van der Waals surface area contributed by atoms with Crippen LogP contribution in [0.3, 0.4) is 0 Å². The molecule has 0 bridgehead atoms. The van der Waals surface area contributed by atoms with Crippen LogP contribution in [0.2, 0.25) is 0 Å². The number of anilines is 1. The van der Waals surface area contributed by atoms with Crippen LogP contribution >= 0.6 is 11.3 Å². The summed E-state index contributed by atoms with van der Waals surface area (Å²) in [5, 5.41) is 4.26. The second-order valence-electron chi connectivity index (χ2n) is 7.02. The van der Waals surface area contributed by atoms with Crippen LogP contribution in [0.25, 0.3) is 10.2 Å². The Morgan fingerprint density at radius 1 is 1.36 bits per heavy atom. The number of likely N-dealkylation sites (N-methyl/N-ethyl adjacent to an activating group) is 1. The summed E-state index contributed by atoms with van der Waals surface area (Å²) < 4.78 is 5.43.